The number of amides is 1. The van der Waals surface area contributed by atoms with Crippen molar-refractivity contribution in [2.75, 3.05) is 0 Å². The molecule has 2 aromatic rings. The lowest BCUT2D eigenvalue weighted by Crippen LogP contribution is -2.22. The van der Waals surface area contributed by atoms with Crippen molar-refractivity contribution in [3.05, 3.63) is 59.9 Å². The minimum Gasteiger partial charge on any atom is -0.406 e. The van der Waals surface area contributed by atoms with Crippen LogP contribution in [0.3, 0.4) is 0 Å². The van der Waals surface area contributed by atoms with E-state index in [0.29, 0.717) is 11.1 Å². The molecule has 0 bridgehead atoms. The van der Waals surface area contributed by atoms with E-state index in [1.165, 1.54) is 30.5 Å². The van der Waals surface area contributed by atoms with Crippen LogP contribution < -0.4 is 10.1 Å². The number of nitrogens with zero attached hydrogens (tertiary/aromatic N) is 1. The summed E-state index contributed by atoms with van der Waals surface area (Å²) in [5.41, 5.74) is 1.07. The Bertz CT molecular complexity index is 598. The number of hydrogen-bond acceptors (Lipinski definition) is 3. The Kier molecular flexibility index (Phi) is 4.42. The number of ether oxygens (including phenoxy) is 1. The molecule has 0 saturated carbocycles. The third-order valence-corrected chi connectivity index (χ3v) is 2.53. The Hall–Kier alpha value is -2.57. The summed E-state index contributed by atoms with van der Waals surface area (Å²) in [6, 6.07) is 8.54. The second-order valence-corrected chi connectivity index (χ2v) is 4.12. The summed E-state index contributed by atoms with van der Waals surface area (Å²) in [6.07, 6.45) is -1.73. The van der Waals surface area contributed by atoms with Crippen LogP contribution in [0.25, 0.3) is 0 Å². The molecule has 1 aromatic heterocycles. The molecular weight excluding hydrogens is 285 g/mol. The lowest BCUT2D eigenvalue weighted by atomic mass is 10.2. The fraction of sp³-hybridized carbons (Fsp3) is 0.143. The Morgan fingerprint density at radius 2 is 1.90 bits per heavy atom. The van der Waals surface area contributed by atoms with E-state index < -0.39 is 6.36 Å². The maximum atomic E-state index is 12.0. The molecule has 21 heavy (non-hydrogen) atoms. The van der Waals surface area contributed by atoms with Crippen molar-refractivity contribution >= 4 is 5.91 Å². The van der Waals surface area contributed by atoms with Crippen molar-refractivity contribution in [1.82, 2.24) is 10.3 Å². The van der Waals surface area contributed by atoms with Gasteiger partial charge in [-0.25, -0.2) is 0 Å². The predicted octanol–water partition coefficient (Wildman–Crippen LogP) is 2.91. The predicted molar refractivity (Wildman–Crippen MR) is 68.5 cm³/mol. The Labute approximate surface area is 118 Å². The summed E-state index contributed by atoms with van der Waals surface area (Å²) in [6.45, 7) is 0.194. The van der Waals surface area contributed by atoms with E-state index in [9.17, 15) is 18.0 Å². The number of hydrogen-bond donors (Lipinski definition) is 1. The van der Waals surface area contributed by atoms with Gasteiger partial charge in [0, 0.05) is 18.9 Å². The number of carbonyl (C=O) groups excluding carboxylic acids is 1. The minimum atomic E-state index is -4.71. The van der Waals surface area contributed by atoms with Crippen molar-refractivity contribution in [3.63, 3.8) is 0 Å². The molecule has 1 heterocycles. The SMILES string of the molecule is O=C(NCc1ccc(OC(F)(F)F)cc1)c1cccnc1. The molecule has 1 aromatic carbocycles. The molecule has 0 aliphatic carbocycles. The van der Waals surface area contributed by atoms with Gasteiger partial charge in [-0.2, -0.15) is 0 Å². The Morgan fingerprint density at radius 1 is 1.19 bits per heavy atom. The highest BCUT2D eigenvalue weighted by Crippen LogP contribution is 2.22. The monoisotopic (exact) mass is 296 g/mol. The van der Waals surface area contributed by atoms with E-state index in [-0.39, 0.29) is 18.2 Å². The topological polar surface area (TPSA) is 51.2 Å². The molecule has 1 N–H and O–H groups in total. The third kappa shape index (κ3) is 4.79. The highest BCUT2D eigenvalue weighted by Gasteiger charge is 2.30. The number of alkyl halides is 3. The summed E-state index contributed by atoms with van der Waals surface area (Å²) in [4.78, 5) is 15.6. The number of rotatable bonds is 4. The van der Waals surface area contributed by atoms with Gasteiger partial charge in [0.2, 0.25) is 0 Å². The largest absolute Gasteiger partial charge is 0.573 e. The van der Waals surface area contributed by atoms with Crippen molar-refractivity contribution in [3.8, 4) is 5.75 Å². The van der Waals surface area contributed by atoms with Crippen LogP contribution in [-0.2, 0) is 6.54 Å². The average Bonchev–Trinajstić information content (AvgIpc) is 2.45. The summed E-state index contributed by atoms with van der Waals surface area (Å²) in [5.74, 6) is -0.608. The van der Waals surface area contributed by atoms with Gasteiger partial charge >= 0.3 is 6.36 Å². The number of pyridine rings is 1. The highest BCUT2D eigenvalue weighted by atomic mass is 19.4. The maximum absolute atomic E-state index is 12.0. The zero-order valence-corrected chi connectivity index (χ0v) is 10.7. The van der Waals surface area contributed by atoms with Gasteiger partial charge in [0.1, 0.15) is 5.75 Å². The van der Waals surface area contributed by atoms with Crippen molar-refractivity contribution in [2.45, 2.75) is 12.9 Å². The molecule has 0 atom stereocenters. The molecule has 4 nitrogen and oxygen atoms in total. The van der Waals surface area contributed by atoms with Crippen molar-refractivity contribution in [2.24, 2.45) is 0 Å². The Balaban J connectivity index is 1.91. The normalized spacial score (nSPS) is 11.0. The first-order chi connectivity index (χ1) is 9.94. The van der Waals surface area contributed by atoms with Gasteiger partial charge in [0.25, 0.3) is 5.91 Å². The number of aromatic nitrogens is 1. The maximum Gasteiger partial charge on any atom is 0.573 e. The van der Waals surface area contributed by atoms with Gasteiger partial charge in [0.15, 0.2) is 0 Å². The van der Waals surface area contributed by atoms with Crippen LogP contribution in [0.15, 0.2) is 48.8 Å². The van der Waals surface area contributed by atoms with E-state index in [1.54, 1.807) is 18.3 Å². The van der Waals surface area contributed by atoms with Gasteiger partial charge < -0.3 is 10.1 Å². The summed E-state index contributed by atoms with van der Waals surface area (Å²) in [7, 11) is 0. The van der Waals surface area contributed by atoms with Crippen LogP contribution >= 0.6 is 0 Å². The number of carbonyl (C=O) groups is 1. The molecule has 0 unspecified atom stereocenters. The molecular formula is C14H11F3N2O2. The van der Waals surface area contributed by atoms with E-state index in [0.717, 1.165) is 0 Å². The molecule has 7 heteroatoms. The van der Waals surface area contributed by atoms with Gasteiger partial charge in [0.05, 0.1) is 5.56 Å². The van der Waals surface area contributed by atoms with Gasteiger partial charge in [-0.05, 0) is 29.8 Å². The summed E-state index contributed by atoms with van der Waals surface area (Å²) >= 11 is 0. The van der Waals surface area contributed by atoms with Crippen LogP contribution in [0.4, 0.5) is 13.2 Å². The quantitative estimate of drug-likeness (QED) is 0.943. The van der Waals surface area contributed by atoms with Crippen LogP contribution in [0, 0.1) is 0 Å². The fourth-order valence-corrected chi connectivity index (χ4v) is 1.59. The van der Waals surface area contributed by atoms with Gasteiger partial charge in [-0.3, -0.25) is 9.78 Å². The molecule has 110 valence electrons. The van der Waals surface area contributed by atoms with E-state index in [4.69, 9.17) is 0 Å². The van der Waals surface area contributed by atoms with Gasteiger partial charge in [-0.1, -0.05) is 12.1 Å². The van der Waals surface area contributed by atoms with Crippen molar-refractivity contribution in [1.29, 1.82) is 0 Å². The molecule has 0 spiro atoms. The summed E-state index contributed by atoms with van der Waals surface area (Å²) in [5, 5.41) is 2.64. The first kappa shape index (κ1) is 14.8. The lowest BCUT2D eigenvalue weighted by molar-refractivity contribution is -0.274. The minimum absolute atomic E-state index is 0.194. The number of benzene rings is 1. The number of nitrogens with one attached hydrogen (secondary N) is 1. The van der Waals surface area contributed by atoms with Crippen LogP contribution in [-0.4, -0.2) is 17.3 Å². The molecule has 0 fully saturated rings. The molecule has 2 rings (SSSR count). The van der Waals surface area contributed by atoms with Crippen LogP contribution in [0.5, 0.6) is 5.75 Å². The molecule has 0 aliphatic heterocycles. The zero-order valence-electron chi connectivity index (χ0n) is 10.7. The van der Waals surface area contributed by atoms with E-state index in [2.05, 4.69) is 15.0 Å². The second-order valence-electron chi connectivity index (χ2n) is 4.12. The van der Waals surface area contributed by atoms with Crippen molar-refractivity contribution < 1.29 is 22.7 Å². The fourth-order valence-electron chi connectivity index (χ4n) is 1.59. The first-order valence-electron chi connectivity index (χ1n) is 5.97. The molecule has 1 amide bonds. The third-order valence-electron chi connectivity index (χ3n) is 2.53. The average molecular weight is 296 g/mol. The lowest BCUT2D eigenvalue weighted by Gasteiger charge is -2.09. The van der Waals surface area contributed by atoms with Crippen LogP contribution in [0.2, 0.25) is 0 Å². The summed E-state index contributed by atoms with van der Waals surface area (Å²) < 4.78 is 39.8. The molecule has 0 aliphatic rings. The Morgan fingerprint density at radius 3 is 2.48 bits per heavy atom. The smallest absolute Gasteiger partial charge is 0.406 e. The number of halogens is 3. The van der Waals surface area contributed by atoms with Gasteiger partial charge in [-0.15, -0.1) is 13.2 Å². The highest BCUT2D eigenvalue weighted by molar-refractivity contribution is 5.93. The zero-order chi connectivity index (χ0) is 15.3. The van der Waals surface area contributed by atoms with Crippen LogP contribution in [0.1, 0.15) is 15.9 Å². The first-order valence-corrected chi connectivity index (χ1v) is 5.97. The van der Waals surface area contributed by atoms with E-state index in [1.807, 2.05) is 0 Å². The second kappa shape index (κ2) is 6.25. The standard InChI is InChI=1S/C14H11F3N2O2/c15-14(16,17)21-12-5-3-10(4-6-12)8-19-13(20)11-2-1-7-18-9-11/h1-7,9H,8H2,(H,19,20). The molecule has 0 saturated heterocycles. The van der Waals surface area contributed by atoms with E-state index >= 15 is 0 Å². The molecule has 0 radical (unpaired) electrons.